The van der Waals surface area contributed by atoms with Gasteiger partial charge in [0.25, 0.3) is 0 Å². The fourth-order valence-electron chi connectivity index (χ4n) is 2.55. The third kappa shape index (κ3) is 6.72. The lowest BCUT2D eigenvalue weighted by molar-refractivity contribution is -0.869. The third-order valence-electron chi connectivity index (χ3n) is 3.97. The fourth-order valence-corrected chi connectivity index (χ4v) is 2.55. The van der Waals surface area contributed by atoms with Crippen molar-refractivity contribution in [1.82, 2.24) is 10.2 Å². The number of hydrogen-bond acceptors (Lipinski definition) is 2. The van der Waals surface area contributed by atoms with Crippen LogP contribution in [-0.4, -0.2) is 68.8 Å². The Morgan fingerprint density at radius 3 is 2.39 bits per heavy atom. The van der Waals surface area contributed by atoms with Gasteiger partial charge in [0.15, 0.2) is 0 Å². The van der Waals surface area contributed by atoms with E-state index in [-0.39, 0.29) is 0 Å². The standard InChI is InChI=1S/C15H34N3/c1-14(2)17(12-13-18(3,4)5)11-9-15-8-6-7-10-16-15/h14-16H,6-13H2,1-5H3/q+1. The molecule has 0 radical (unpaired) electrons. The summed E-state index contributed by atoms with van der Waals surface area (Å²) in [5, 5.41) is 3.66. The first-order valence-corrected chi connectivity index (χ1v) is 7.66. The SMILES string of the molecule is CC(C)N(CCC1CCCCN1)CC[N+](C)(C)C. The van der Waals surface area contributed by atoms with E-state index in [0.29, 0.717) is 6.04 Å². The van der Waals surface area contributed by atoms with E-state index in [0.717, 1.165) is 10.5 Å². The molecular formula is C15H34N3+. The summed E-state index contributed by atoms with van der Waals surface area (Å²) < 4.78 is 1.06. The van der Waals surface area contributed by atoms with Crippen LogP contribution in [0.3, 0.4) is 0 Å². The second-order valence-corrected chi connectivity index (χ2v) is 7.08. The number of piperidine rings is 1. The van der Waals surface area contributed by atoms with Gasteiger partial charge < -0.3 is 9.80 Å². The van der Waals surface area contributed by atoms with E-state index in [1.807, 2.05) is 0 Å². The van der Waals surface area contributed by atoms with E-state index >= 15 is 0 Å². The summed E-state index contributed by atoms with van der Waals surface area (Å²) in [6.45, 7) is 9.57. The van der Waals surface area contributed by atoms with Crippen LogP contribution in [0.25, 0.3) is 0 Å². The van der Waals surface area contributed by atoms with Crippen molar-refractivity contribution in [3.63, 3.8) is 0 Å². The van der Waals surface area contributed by atoms with E-state index < -0.39 is 0 Å². The van der Waals surface area contributed by atoms with Crippen LogP contribution in [0.1, 0.15) is 39.5 Å². The summed E-state index contributed by atoms with van der Waals surface area (Å²) >= 11 is 0. The van der Waals surface area contributed by atoms with E-state index in [1.165, 1.54) is 51.9 Å². The van der Waals surface area contributed by atoms with E-state index in [4.69, 9.17) is 0 Å². The molecule has 1 N–H and O–H groups in total. The molecule has 1 aliphatic rings. The molecule has 1 atom stereocenters. The van der Waals surface area contributed by atoms with E-state index in [1.54, 1.807) is 0 Å². The first kappa shape index (κ1) is 15.9. The molecule has 1 heterocycles. The first-order chi connectivity index (χ1) is 8.38. The van der Waals surface area contributed by atoms with Crippen molar-refractivity contribution < 1.29 is 4.48 Å². The number of hydrogen-bond donors (Lipinski definition) is 1. The Hall–Kier alpha value is -0.120. The lowest BCUT2D eigenvalue weighted by atomic mass is 10.0. The molecule has 0 aromatic heterocycles. The largest absolute Gasteiger partial charge is 0.330 e. The number of nitrogens with one attached hydrogen (secondary N) is 1. The van der Waals surface area contributed by atoms with E-state index in [9.17, 15) is 0 Å². The minimum atomic E-state index is 0.667. The molecule has 3 nitrogen and oxygen atoms in total. The van der Waals surface area contributed by atoms with Crippen molar-refractivity contribution in [3.8, 4) is 0 Å². The highest BCUT2D eigenvalue weighted by Gasteiger charge is 2.17. The molecule has 1 fully saturated rings. The minimum absolute atomic E-state index is 0.667. The van der Waals surface area contributed by atoms with Gasteiger partial charge in [0, 0.05) is 25.2 Å². The summed E-state index contributed by atoms with van der Waals surface area (Å²) in [7, 11) is 6.84. The second kappa shape index (κ2) is 7.46. The van der Waals surface area contributed by atoms with Crippen molar-refractivity contribution in [2.45, 2.75) is 51.6 Å². The van der Waals surface area contributed by atoms with Crippen LogP contribution in [0.4, 0.5) is 0 Å². The highest BCUT2D eigenvalue weighted by molar-refractivity contribution is 4.74. The van der Waals surface area contributed by atoms with Gasteiger partial charge in [0.2, 0.25) is 0 Å². The van der Waals surface area contributed by atoms with E-state index in [2.05, 4.69) is 45.2 Å². The lowest BCUT2D eigenvalue weighted by Gasteiger charge is -2.33. The Labute approximate surface area is 114 Å². The fraction of sp³-hybridized carbons (Fsp3) is 1.00. The number of rotatable bonds is 7. The van der Waals surface area contributed by atoms with Gasteiger partial charge in [0.05, 0.1) is 27.7 Å². The smallest absolute Gasteiger partial charge is 0.0909 e. The predicted octanol–water partition coefficient (Wildman–Crippen LogP) is 1.94. The highest BCUT2D eigenvalue weighted by atomic mass is 15.3. The van der Waals surface area contributed by atoms with Crippen LogP contribution >= 0.6 is 0 Å². The zero-order valence-electron chi connectivity index (χ0n) is 13.2. The summed E-state index contributed by atoms with van der Waals surface area (Å²) in [6, 6.07) is 1.43. The average molecular weight is 256 g/mol. The van der Waals surface area contributed by atoms with Gasteiger partial charge in [-0.05, 0) is 39.7 Å². The highest BCUT2D eigenvalue weighted by Crippen LogP contribution is 2.12. The van der Waals surface area contributed by atoms with Gasteiger partial charge in [0.1, 0.15) is 0 Å². The monoisotopic (exact) mass is 256 g/mol. The molecule has 0 saturated carbocycles. The molecular weight excluding hydrogens is 222 g/mol. The van der Waals surface area contributed by atoms with Gasteiger partial charge in [-0.3, -0.25) is 4.90 Å². The number of likely N-dealkylation sites (N-methyl/N-ethyl adjacent to an activating group) is 1. The molecule has 1 saturated heterocycles. The van der Waals surface area contributed by atoms with Crippen LogP contribution in [0.15, 0.2) is 0 Å². The third-order valence-corrected chi connectivity index (χ3v) is 3.97. The molecule has 0 amide bonds. The van der Waals surface area contributed by atoms with Crippen molar-refractivity contribution >= 4 is 0 Å². The topological polar surface area (TPSA) is 15.3 Å². The van der Waals surface area contributed by atoms with Gasteiger partial charge in [-0.25, -0.2) is 0 Å². The van der Waals surface area contributed by atoms with Gasteiger partial charge >= 0.3 is 0 Å². The maximum atomic E-state index is 3.66. The maximum Gasteiger partial charge on any atom is 0.0909 e. The van der Waals surface area contributed by atoms with Gasteiger partial charge in [-0.2, -0.15) is 0 Å². The molecule has 0 bridgehead atoms. The van der Waals surface area contributed by atoms with Crippen molar-refractivity contribution in [1.29, 1.82) is 0 Å². The Kier molecular flexibility index (Phi) is 6.61. The Bertz CT molecular complexity index is 214. The quantitative estimate of drug-likeness (QED) is 0.700. The first-order valence-electron chi connectivity index (χ1n) is 7.66. The number of nitrogens with zero attached hydrogens (tertiary/aromatic N) is 2. The lowest BCUT2D eigenvalue weighted by Crippen LogP contribution is -2.45. The summed E-state index contributed by atoms with van der Waals surface area (Å²) in [5.41, 5.74) is 0. The van der Waals surface area contributed by atoms with Crippen LogP contribution in [-0.2, 0) is 0 Å². The molecule has 0 aliphatic carbocycles. The zero-order chi connectivity index (χ0) is 13.6. The van der Waals surface area contributed by atoms with Gasteiger partial charge in [-0.15, -0.1) is 0 Å². The summed E-state index contributed by atoms with van der Waals surface area (Å²) in [5.74, 6) is 0. The normalized spacial score (nSPS) is 21.8. The number of quaternary nitrogens is 1. The molecule has 18 heavy (non-hydrogen) atoms. The molecule has 0 spiro atoms. The van der Waals surface area contributed by atoms with Crippen LogP contribution < -0.4 is 5.32 Å². The molecule has 108 valence electrons. The van der Waals surface area contributed by atoms with Crippen molar-refractivity contribution in [3.05, 3.63) is 0 Å². The Morgan fingerprint density at radius 2 is 1.89 bits per heavy atom. The van der Waals surface area contributed by atoms with Crippen molar-refractivity contribution in [2.75, 3.05) is 47.3 Å². The summed E-state index contributed by atoms with van der Waals surface area (Å²) in [4.78, 5) is 2.64. The molecule has 1 rings (SSSR count). The maximum absolute atomic E-state index is 3.66. The second-order valence-electron chi connectivity index (χ2n) is 7.08. The van der Waals surface area contributed by atoms with Crippen LogP contribution in [0, 0.1) is 0 Å². The minimum Gasteiger partial charge on any atom is -0.330 e. The Balaban J connectivity index is 2.28. The molecule has 3 heteroatoms. The predicted molar refractivity (Wildman–Crippen MR) is 79.9 cm³/mol. The zero-order valence-corrected chi connectivity index (χ0v) is 13.2. The van der Waals surface area contributed by atoms with Gasteiger partial charge in [-0.1, -0.05) is 6.42 Å². The van der Waals surface area contributed by atoms with Crippen LogP contribution in [0.5, 0.6) is 0 Å². The molecule has 0 aromatic carbocycles. The van der Waals surface area contributed by atoms with Crippen molar-refractivity contribution in [2.24, 2.45) is 0 Å². The summed E-state index contributed by atoms with van der Waals surface area (Å²) in [6.07, 6.45) is 5.47. The molecule has 0 aromatic rings. The Morgan fingerprint density at radius 1 is 1.17 bits per heavy atom. The molecule has 1 aliphatic heterocycles. The van der Waals surface area contributed by atoms with Crippen LogP contribution in [0.2, 0.25) is 0 Å². The molecule has 1 unspecified atom stereocenters. The average Bonchev–Trinajstić information content (AvgIpc) is 2.28.